The van der Waals surface area contributed by atoms with Gasteiger partial charge in [-0.25, -0.2) is 0 Å². The SMILES string of the molecule is Cc1ccc(N(c2ccc(C)cc2)c2cc(-c3cccc4c3-c3ccccc3C43c4ccccc4-c4ccccc43)cc(N(c3ccc(C)cc3)c3ccc(C)cc3)c2)cc1. The molecule has 0 saturated heterocycles. The highest BCUT2D eigenvalue weighted by Gasteiger charge is 2.52. The molecule has 0 heterocycles. The fourth-order valence-electron chi connectivity index (χ4n) is 10.1. The molecule has 0 radical (unpaired) electrons. The quantitative estimate of drug-likeness (QED) is 0.159. The molecule has 9 aromatic carbocycles. The number of hydrogen-bond acceptors (Lipinski definition) is 2. The van der Waals surface area contributed by atoms with Crippen molar-refractivity contribution in [2.75, 3.05) is 9.80 Å². The van der Waals surface area contributed by atoms with Crippen LogP contribution < -0.4 is 9.80 Å². The van der Waals surface area contributed by atoms with Gasteiger partial charge in [0.25, 0.3) is 0 Å². The van der Waals surface area contributed by atoms with Crippen molar-refractivity contribution >= 4 is 34.1 Å². The number of aryl methyl sites for hydroxylation is 4. The van der Waals surface area contributed by atoms with Gasteiger partial charge in [-0.3, -0.25) is 0 Å². The Balaban J connectivity index is 1.22. The smallest absolute Gasteiger partial charge is 0.0725 e. The van der Waals surface area contributed by atoms with Crippen molar-refractivity contribution in [2.24, 2.45) is 0 Å². The third-order valence-corrected chi connectivity index (χ3v) is 12.9. The second kappa shape index (κ2) is 14.4. The number of hydrogen-bond donors (Lipinski definition) is 0. The van der Waals surface area contributed by atoms with Crippen LogP contribution in [-0.4, -0.2) is 0 Å². The Kier molecular flexibility index (Phi) is 8.65. The zero-order chi connectivity index (χ0) is 41.2. The second-order valence-electron chi connectivity index (χ2n) is 16.9. The summed E-state index contributed by atoms with van der Waals surface area (Å²) in [4.78, 5) is 4.83. The van der Waals surface area contributed by atoms with Gasteiger partial charge in [-0.2, -0.15) is 0 Å². The Labute approximate surface area is 359 Å². The Morgan fingerprint density at radius 3 is 1.02 bits per heavy atom. The molecule has 0 saturated carbocycles. The van der Waals surface area contributed by atoms with Crippen LogP contribution in [-0.2, 0) is 5.41 Å². The lowest BCUT2D eigenvalue weighted by atomic mass is 9.70. The van der Waals surface area contributed by atoms with E-state index in [0.717, 1.165) is 39.7 Å². The first kappa shape index (κ1) is 36.6. The van der Waals surface area contributed by atoms with Crippen LogP contribution in [0, 0.1) is 27.7 Å². The molecule has 292 valence electrons. The molecule has 61 heavy (non-hydrogen) atoms. The average molecular weight is 783 g/mol. The fraction of sp³-hybridized carbons (Fsp3) is 0.0847. The van der Waals surface area contributed by atoms with Crippen LogP contribution in [0.5, 0.6) is 0 Å². The van der Waals surface area contributed by atoms with Crippen molar-refractivity contribution in [1.82, 2.24) is 0 Å². The number of fused-ring (bicyclic) bond motifs is 10. The molecule has 0 atom stereocenters. The van der Waals surface area contributed by atoms with Crippen molar-refractivity contribution in [1.29, 1.82) is 0 Å². The maximum atomic E-state index is 2.41. The molecule has 0 aliphatic heterocycles. The summed E-state index contributed by atoms with van der Waals surface area (Å²) >= 11 is 0. The highest BCUT2D eigenvalue weighted by atomic mass is 15.2. The van der Waals surface area contributed by atoms with Crippen LogP contribution in [0.2, 0.25) is 0 Å². The van der Waals surface area contributed by atoms with Crippen molar-refractivity contribution in [3.63, 3.8) is 0 Å². The summed E-state index contributed by atoms with van der Waals surface area (Å²) in [7, 11) is 0. The largest absolute Gasteiger partial charge is 0.310 e. The van der Waals surface area contributed by atoms with Gasteiger partial charge in [0.15, 0.2) is 0 Å². The van der Waals surface area contributed by atoms with Gasteiger partial charge in [-0.1, -0.05) is 162 Å². The summed E-state index contributed by atoms with van der Waals surface area (Å²) in [6, 6.07) is 77.1. The van der Waals surface area contributed by atoms with E-state index in [-0.39, 0.29) is 0 Å². The lowest BCUT2D eigenvalue weighted by molar-refractivity contribution is 0.794. The summed E-state index contributed by atoms with van der Waals surface area (Å²) in [5.74, 6) is 0. The lowest BCUT2D eigenvalue weighted by Crippen LogP contribution is -2.25. The van der Waals surface area contributed by atoms with Gasteiger partial charge in [0.05, 0.1) is 5.41 Å². The van der Waals surface area contributed by atoms with Crippen LogP contribution in [0.25, 0.3) is 33.4 Å². The van der Waals surface area contributed by atoms with Crippen molar-refractivity contribution < 1.29 is 0 Å². The van der Waals surface area contributed by atoms with Crippen LogP contribution in [0.1, 0.15) is 44.5 Å². The van der Waals surface area contributed by atoms with E-state index in [1.54, 1.807) is 0 Å². The Hall–Kier alpha value is -7.42. The molecular formula is C59H46N2. The monoisotopic (exact) mass is 782 g/mol. The summed E-state index contributed by atoms with van der Waals surface area (Å²) in [5.41, 5.74) is 24.0. The van der Waals surface area contributed by atoms with Gasteiger partial charge in [-0.05, 0) is 150 Å². The standard InChI is InChI=1S/C59H46N2/c1-39-20-28-44(29-21-39)60(45-30-22-40(2)23-31-45)48-36-43(37-49(38-48)61(46-32-24-41(3)25-33-46)47-34-26-42(4)27-35-47)50-15-11-19-57-58(50)53-14-7-10-18-56(53)59(57)54-16-8-5-12-51(54)52-13-6-9-17-55(52)59/h5-38H,1-4H3. The van der Waals surface area contributed by atoms with E-state index in [9.17, 15) is 0 Å². The minimum absolute atomic E-state index is 0.429. The van der Waals surface area contributed by atoms with Crippen molar-refractivity contribution in [2.45, 2.75) is 33.1 Å². The Morgan fingerprint density at radius 2 is 0.607 bits per heavy atom. The predicted octanol–water partition coefficient (Wildman–Crippen LogP) is 15.9. The molecule has 0 aromatic heterocycles. The van der Waals surface area contributed by atoms with Gasteiger partial charge in [0, 0.05) is 34.1 Å². The highest BCUT2D eigenvalue weighted by Crippen LogP contribution is 2.64. The molecule has 0 amide bonds. The first-order chi connectivity index (χ1) is 29.9. The summed E-state index contributed by atoms with van der Waals surface area (Å²) < 4.78 is 0. The number of nitrogens with zero attached hydrogens (tertiary/aromatic N) is 2. The first-order valence-electron chi connectivity index (χ1n) is 21.3. The molecule has 2 heteroatoms. The topological polar surface area (TPSA) is 6.48 Å². The Morgan fingerprint density at radius 1 is 0.279 bits per heavy atom. The summed E-state index contributed by atoms with van der Waals surface area (Å²) in [6.07, 6.45) is 0. The molecule has 1 spiro atoms. The molecule has 2 nitrogen and oxygen atoms in total. The zero-order valence-electron chi connectivity index (χ0n) is 35.0. The van der Waals surface area contributed by atoms with E-state index in [2.05, 4.69) is 244 Å². The molecular weight excluding hydrogens is 737 g/mol. The molecule has 0 N–H and O–H groups in total. The molecule has 2 aliphatic rings. The van der Waals surface area contributed by atoms with Gasteiger partial charge in [0.1, 0.15) is 0 Å². The Bertz CT molecular complexity index is 2850. The second-order valence-corrected chi connectivity index (χ2v) is 16.9. The van der Waals surface area contributed by atoms with Gasteiger partial charge in [0.2, 0.25) is 0 Å². The van der Waals surface area contributed by atoms with E-state index < -0.39 is 5.41 Å². The first-order valence-corrected chi connectivity index (χ1v) is 21.3. The maximum absolute atomic E-state index is 2.41. The summed E-state index contributed by atoms with van der Waals surface area (Å²) in [6.45, 7) is 8.62. The normalized spacial score (nSPS) is 12.7. The van der Waals surface area contributed by atoms with Crippen molar-refractivity contribution in [3.8, 4) is 33.4 Å². The lowest BCUT2D eigenvalue weighted by Gasteiger charge is -2.31. The number of rotatable bonds is 7. The number of anilines is 6. The minimum Gasteiger partial charge on any atom is -0.310 e. The zero-order valence-corrected chi connectivity index (χ0v) is 35.0. The highest BCUT2D eigenvalue weighted by molar-refractivity contribution is 6.01. The van der Waals surface area contributed by atoms with Gasteiger partial charge >= 0.3 is 0 Å². The third-order valence-electron chi connectivity index (χ3n) is 12.9. The van der Waals surface area contributed by atoms with E-state index in [0.29, 0.717) is 0 Å². The summed E-state index contributed by atoms with van der Waals surface area (Å²) in [5, 5.41) is 0. The van der Waals surface area contributed by atoms with E-state index in [1.807, 2.05) is 0 Å². The molecule has 0 fully saturated rings. The van der Waals surface area contributed by atoms with Crippen molar-refractivity contribution in [3.05, 3.63) is 251 Å². The molecule has 0 unspecified atom stereocenters. The fourth-order valence-corrected chi connectivity index (χ4v) is 10.1. The van der Waals surface area contributed by atoms with Crippen LogP contribution in [0.3, 0.4) is 0 Å². The predicted molar refractivity (Wildman–Crippen MR) is 256 cm³/mol. The number of benzene rings is 9. The molecule has 0 bridgehead atoms. The van der Waals surface area contributed by atoms with Crippen LogP contribution >= 0.6 is 0 Å². The van der Waals surface area contributed by atoms with E-state index in [1.165, 1.54) is 72.3 Å². The van der Waals surface area contributed by atoms with Gasteiger partial charge in [-0.15, -0.1) is 0 Å². The van der Waals surface area contributed by atoms with Crippen LogP contribution in [0.15, 0.2) is 206 Å². The van der Waals surface area contributed by atoms with Crippen LogP contribution in [0.4, 0.5) is 34.1 Å². The molecule has 9 aromatic rings. The van der Waals surface area contributed by atoms with E-state index in [4.69, 9.17) is 0 Å². The molecule has 11 rings (SSSR count). The minimum atomic E-state index is -0.429. The third kappa shape index (κ3) is 5.85. The van der Waals surface area contributed by atoms with Gasteiger partial charge < -0.3 is 9.80 Å². The molecule has 2 aliphatic carbocycles. The maximum Gasteiger partial charge on any atom is 0.0725 e. The average Bonchev–Trinajstić information content (AvgIpc) is 3.77. The van der Waals surface area contributed by atoms with E-state index >= 15 is 0 Å².